The van der Waals surface area contributed by atoms with Gasteiger partial charge in [-0.25, -0.2) is 4.98 Å². The van der Waals surface area contributed by atoms with E-state index in [0.717, 1.165) is 0 Å². The Morgan fingerprint density at radius 3 is 2.71 bits per heavy atom. The van der Waals surface area contributed by atoms with Gasteiger partial charge in [0.1, 0.15) is 16.1 Å². The molecule has 2 rings (SSSR count). The molecule has 0 spiro atoms. The quantitative estimate of drug-likeness (QED) is 0.627. The fourth-order valence-corrected chi connectivity index (χ4v) is 2.27. The maximum absolute atomic E-state index is 11.6. The number of oxime groups is 1. The molecule has 1 aromatic carbocycles. The van der Waals surface area contributed by atoms with Gasteiger partial charge in [-0.2, -0.15) is 8.42 Å². The first-order valence-corrected chi connectivity index (χ1v) is 6.89. The highest BCUT2D eigenvalue weighted by molar-refractivity contribution is 7.86. The maximum Gasteiger partial charge on any atom is 0.358 e. The van der Waals surface area contributed by atoms with Gasteiger partial charge in [-0.1, -0.05) is 23.4 Å². The third kappa shape index (κ3) is 3.11. The van der Waals surface area contributed by atoms with Crippen molar-refractivity contribution in [3.8, 4) is 0 Å². The molecule has 0 unspecified atom stereocenters. The minimum absolute atomic E-state index is 0.0660. The zero-order valence-corrected chi connectivity index (χ0v) is 10.2. The van der Waals surface area contributed by atoms with Crippen molar-refractivity contribution < 1.29 is 12.7 Å². The normalized spacial score (nSPS) is 11.8. The van der Waals surface area contributed by atoms with Crippen molar-refractivity contribution in [2.24, 2.45) is 5.16 Å². The van der Waals surface area contributed by atoms with Crippen LogP contribution in [0.5, 0.6) is 0 Å². The van der Waals surface area contributed by atoms with Gasteiger partial charge in [0.05, 0.1) is 0 Å². The van der Waals surface area contributed by atoms with Gasteiger partial charge < -0.3 is 0 Å². The molecule has 2 aromatic rings. The molecule has 0 amide bonds. The predicted octanol–water partition coefficient (Wildman–Crippen LogP) is 1.88. The molecule has 0 aliphatic carbocycles. The first-order chi connectivity index (χ1) is 8.18. The van der Waals surface area contributed by atoms with Crippen LogP contribution in [0.25, 0.3) is 0 Å². The zero-order valence-electron chi connectivity index (χ0n) is 8.55. The van der Waals surface area contributed by atoms with Crippen molar-refractivity contribution >= 4 is 27.7 Å². The van der Waals surface area contributed by atoms with E-state index in [9.17, 15) is 8.42 Å². The molecule has 5 nitrogen and oxygen atoms in total. The Morgan fingerprint density at radius 2 is 2.06 bits per heavy atom. The van der Waals surface area contributed by atoms with Gasteiger partial charge in [0.15, 0.2) is 0 Å². The lowest BCUT2D eigenvalue weighted by Crippen LogP contribution is -2.02. The standard InChI is InChI=1S/C10H8N2O3S2/c13-17(14,9-4-2-1-3-5-9)15-12-8-10-11-6-7-16-10/h1-8H/b12-8+. The number of thiazole rings is 1. The van der Waals surface area contributed by atoms with Crippen LogP contribution < -0.4 is 0 Å². The summed E-state index contributed by atoms with van der Waals surface area (Å²) in [7, 11) is -3.83. The van der Waals surface area contributed by atoms with Crippen LogP contribution in [-0.2, 0) is 14.4 Å². The van der Waals surface area contributed by atoms with Gasteiger partial charge in [0, 0.05) is 11.6 Å². The molecule has 7 heteroatoms. The smallest absolute Gasteiger partial charge is 0.265 e. The van der Waals surface area contributed by atoms with Crippen molar-refractivity contribution in [3.63, 3.8) is 0 Å². The van der Waals surface area contributed by atoms with E-state index in [0.29, 0.717) is 5.01 Å². The Kier molecular flexibility index (Phi) is 3.50. The third-order valence-corrected chi connectivity index (χ3v) is 3.63. The summed E-state index contributed by atoms with van der Waals surface area (Å²) in [6, 6.07) is 7.82. The molecule has 0 N–H and O–H groups in total. The van der Waals surface area contributed by atoms with E-state index in [-0.39, 0.29) is 4.90 Å². The number of hydrogen-bond donors (Lipinski definition) is 0. The molecule has 1 heterocycles. The fraction of sp³-hybridized carbons (Fsp3) is 0. The summed E-state index contributed by atoms with van der Waals surface area (Å²) in [4.78, 5) is 3.97. The highest BCUT2D eigenvalue weighted by Crippen LogP contribution is 2.11. The number of benzene rings is 1. The van der Waals surface area contributed by atoms with Crippen LogP contribution in [-0.4, -0.2) is 19.6 Å². The summed E-state index contributed by atoms with van der Waals surface area (Å²) in [6.07, 6.45) is 2.85. The van der Waals surface area contributed by atoms with E-state index in [1.165, 1.54) is 29.7 Å². The van der Waals surface area contributed by atoms with Crippen molar-refractivity contribution in [2.75, 3.05) is 0 Å². The Labute approximate surface area is 103 Å². The van der Waals surface area contributed by atoms with Crippen LogP contribution in [0.2, 0.25) is 0 Å². The predicted molar refractivity (Wildman–Crippen MR) is 64.4 cm³/mol. The monoisotopic (exact) mass is 268 g/mol. The molecule has 0 radical (unpaired) electrons. The number of rotatable bonds is 4. The van der Waals surface area contributed by atoms with Crippen LogP contribution in [0.4, 0.5) is 0 Å². The molecule has 17 heavy (non-hydrogen) atoms. The summed E-state index contributed by atoms with van der Waals surface area (Å²) in [5.41, 5.74) is 0. The fourth-order valence-electron chi connectivity index (χ4n) is 1.05. The summed E-state index contributed by atoms with van der Waals surface area (Å²) >= 11 is 1.33. The topological polar surface area (TPSA) is 68.6 Å². The second-order valence-corrected chi connectivity index (χ2v) is 5.40. The SMILES string of the molecule is O=S(=O)(O/N=C/c1nccs1)c1ccccc1. The van der Waals surface area contributed by atoms with Crippen LogP contribution in [0.1, 0.15) is 5.01 Å². The van der Waals surface area contributed by atoms with Crippen molar-refractivity contribution in [1.29, 1.82) is 0 Å². The molecule has 0 atom stereocenters. The molecule has 0 saturated carbocycles. The summed E-state index contributed by atoms with van der Waals surface area (Å²) < 4.78 is 27.7. The molecule has 0 aliphatic rings. The summed E-state index contributed by atoms with van der Waals surface area (Å²) in [5, 5.41) is 5.73. The van der Waals surface area contributed by atoms with E-state index < -0.39 is 10.1 Å². The lowest BCUT2D eigenvalue weighted by molar-refractivity contribution is 0.341. The number of aromatic nitrogens is 1. The highest BCUT2D eigenvalue weighted by atomic mass is 32.2. The first kappa shape index (κ1) is 11.7. The van der Waals surface area contributed by atoms with E-state index in [1.807, 2.05) is 0 Å². The van der Waals surface area contributed by atoms with Gasteiger partial charge in [-0.3, -0.25) is 4.28 Å². The minimum atomic E-state index is -3.83. The second-order valence-electron chi connectivity index (χ2n) is 2.95. The number of hydrogen-bond acceptors (Lipinski definition) is 6. The second kappa shape index (κ2) is 5.07. The lowest BCUT2D eigenvalue weighted by atomic mass is 10.4. The average molecular weight is 268 g/mol. The molecule has 0 fully saturated rings. The largest absolute Gasteiger partial charge is 0.358 e. The molecule has 1 aromatic heterocycles. The van der Waals surface area contributed by atoms with Crippen molar-refractivity contribution in [3.05, 3.63) is 46.9 Å². The Morgan fingerprint density at radius 1 is 1.29 bits per heavy atom. The van der Waals surface area contributed by atoms with Crippen LogP contribution >= 0.6 is 11.3 Å². The van der Waals surface area contributed by atoms with E-state index >= 15 is 0 Å². The maximum atomic E-state index is 11.6. The molecule has 0 saturated heterocycles. The molecular weight excluding hydrogens is 260 g/mol. The molecule has 0 bridgehead atoms. The Bertz CT molecular complexity index is 592. The van der Waals surface area contributed by atoms with E-state index in [4.69, 9.17) is 0 Å². The van der Waals surface area contributed by atoms with Gasteiger partial charge in [0.2, 0.25) is 0 Å². The highest BCUT2D eigenvalue weighted by Gasteiger charge is 2.14. The Balaban J connectivity index is 2.09. The molecule has 88 valence electrons. The minimum Gasteiger partial charge on any atom is -0.265 e. The first-order valence-electron chi connectivity index (χ1n) is 4.60. The van der Waals surface area contributed by atoms with Crippen molar-refractivity contribution in [1.82, 2.24) is 4.98 Å². The third-order valence-electron chi connectivity index (χ3n) is 1.79. The molecular formula is C10H8N2O3S2. The summed E-state index contributed by atoms with van der Waals surface area (Å²) in [6.45, 7) is 0. The van der Waals surface area contributed by atoms with Gasteiger partial charge in [0.25, 0.3) is 0 Å². The van der Waals surface area contributed by atoms with Gasteiger partial charge in [-0.05, 0) is 12.1 Å². The van der Waals surface area contributed by atoms with Crippen LogP contribution in [0.15, 0.2) is 52.0 Å². The van der Waals surface area contributed by atoms with Gasteiger partial charge >= 0.3 is 10.1 Å². The van der Waals surface area contributed by atoms with E-state index in [1.54, 1.807) is 29.8 Å². The van der Waals surface area contributed by atoms with E-state index in [2.05, 4.69) is 14.4 Å². The lowest BCUT2D eigenvalue weighted by Gasteiger charge is -1.99. The molecule has 0 aliphatic heterocycles. The van der Waals surface area contributed by atoms with Crippen LogP contribution in [0, 0.1) is 0 Å². The van der Waals surface area contributed by atoms with Crippen molar-refractivity contribution in [2.45, 2.75) is 4.90 Å². The Hall–Kier alpha value is -1.73. The number of nitrogens with zero attached hydrogens (tertiary/aromatic N) is 2. The average Bonchev–Trinajstić information content (AvgIpc) is 2.83. The summed E-state index contributed by atoms with van der Waals surface area (Å²) in [5.74, 6) is 0. The van der Waals surface area contributed by atoms with Crippen LogP contribution in [0.3, 0.4) is 0 Å². The van der Waals surface area contributed by atoms with Gasteiger partial charge in [-0.15, -0.1) is 11.3 Å². The zero-order chi connectivity index (χ0) is 12.1.